The summed E-state index contributed by atoms with van der Waals surface area (Å²) < 4.78 is 0. The minimum Gasteiger partial charge on any atom is -0.354 e. The molecule has 0 radical (unpaired) electrons. The SMILES string of the molecule is CCN(CC)C1CCN(c2ncc(CCl)cc2Cl)C1. The van der Waals surface area contributed by atoms with Crippen LogP contribution in [0, 0.1) is 0 Å². The number of likely N-dealkylation sites (N-methyl/N-ethyl adjacent to an activating group) is 1. The van der Waals surface area contributed by atoms with Crippen molar-refractivity contribution in [1.82, 2.24) is 9.88 Å². The molecular formula is C14H21Cl2N3. The molecular weight excluding hydrogens is 281 g/mol. The van der Waals surface area contributed by atoms with Crippen LogP contribution in [0.1, 0.15) is 25.8 Å². The highest BCUT2D eigenvalue weighted by atomic mass is 35.5. The van der Waals surface area contributed by atoms with Gasteiger partial charge in [-0.05, 0) is 31.1 Å². The predicted molar refractivity (Wildman–Crippen MR) is 82.3 cm³/mol. The smallest absolute Gasteiger partial charge is 0.147 e. The molecule has 19 heavy (non-hydrogen) atoms. The Morgan fingerprint density at radius 3 is 2.74 bits per heavy atom. The van der Waals surface area contributed by atoms with E-state index in [9.17, 15) is 0 Å². The van der Waals surface area contributed by atoms with E-state index in [2.05, 4.69) is 28.6 Å². The standard InChI is InChI=1S/C14H21Cl2N3/c1-3-18(4-2)12-5-6-19(10-12)14-13(16)7-11(8-15)9-17-14/h7,9,12H,3-6,8,10H2,1-2H3. The van der Waals surface area contributed by atoms with E-state index in [1.54, 1.807) is 0 Å². The molecule has 0 saturated carbocycles. The Kier molecular flexibility index (Phi) is 5.31. The van der Waals surface area contributed by atoms with E-state index in [1.807, 2.05) is 12.3 Å². The minimum absolute atomic E-state index is 0.453. The molecule has 0 spiro atoms. The van der Waals surface area contributed by atoms with Crippen LogP contribution >= 0.6 is 23.2 Å². The van der Waals surface area contributed by atoms with Crippen molar-refractivity contribution in [2.45, 2.75) is 32.2 Å². The summed E-state index contributed by atoms with van der Waals surface area (Å²) >= 11 is 12.1. The van der Waals surface area contributed by atoms with Gasteiger partial charge in [0.05, 0.1) is 5.02 Å². The molecule has 1 atom stereocenters. The average molecular weight is 302 g/mol. The lowest BCUT2D eigenvalue weighted by molar-refractivity contribution is 0.232. The highest BCUT2D eigenvalue weighted by Crippen LogP contribution is 2.28. The normalized spacial score (nSPS) is 19.4. The third-order valence-corrected chi connectivity index (χ3v) is 4.41. The Bertz CT molecular complexity index is 421. The predicted octanol–water partition coefficient (Wildman–Crippen LogP) is 3.39. The maximum atomic E-state index is 6.31. The molecule has 2 rings (SSSR count). The van der Waals surface area contributed by atoms with Crippen molar-refractivity contribution in [3.8, 4) is 0 Å². The zero-order chi connectivity index (χ0) is 13.8. The first-order chi connectivity index (χ1) is 9.19. The lowest BCUT2D eigenvalue weighted by Crippen LogP contribution is -2.37. The highest BCUT2D eigenvalue weighted by molar-refractivity contribution is 6.33. The van der Waals surface area contributed by atoms with E-state index in [1.165, 1.54) is 6.42 Å². The summed E-state index contributed by atoms with van der Waals surface area (Å²) in [5.41, 5.74) is 0.968. The maximum absolute atomic E-state index is 6.31. The number of rotatable bonds is 5. The first kappa shape index (κ1) is 14.9. The lowest BCUT2D eigenvalue weighted by Gasteiger charge is -2.26. The third-order valence-electron chi connectivity index (χ3n) is 3.82. The van der Waals surface area contributed by atoms with Gasteiger partial charge in [0.15, 0.2) is 0 Å². The van der Waals surface area contributed by atoms with Gasteiger partial charge in [-0.1, -0.05) is 25.4 Å². The quantitative estimate of drug-likeness (QED) is 0.777. The minimum atomic E-state index is 0.453. The summed E-state index contributed by atoms with van der Waals surface area (Å²) in [5, 5.41) is 0.707. The van der Waals surface area contributed by atoms with Gasteiger partial charge in [-0.3, -0.25) is 4.90 Å². The fourth-order valence-corrected chi connectivity index (χ4v) is 3.20. The molecule has 1 fully saturated rings. The average Bonchev–Trinajstić information content (AvgIpc) is 2.89. The Balaban J connectivity index is 2.08. The van der Waals surface area contributed by atoms with Gasteiger partial charge in [0.2, 0.25) is 0 Å². The van der Waals surface area contributed by atoms with Crippen LogP contribution in [0.5, 0.6) is 0 Å². The number of pyridine rings is 1. The summed E-state index contributed by atoms with van der Waals surface area (Å²) in [5.74, 6) is 1.35. The Hall–Kier alpha value is -0.510. The van der Waals surface area contributed by atoms with Gasteiger partial charge in [0.25, 0.3) is 0 Å². The molecule has 0 aromatic carbocycles. The topological polar surface area (TPSA) is 19.4 Å². The molecule has 3 nitrogen and oxygen atoms in total. The molecule has 0 amide bonds. The van der Waals surface area contributed by atoms with Crippen molar-refractivity contribution in [2.75, 3.05) is 31.1 Å². The summed E-state index contributed by atoms with van der Waals surface area (Å²) in [6.45, 7) is 8.66. The summed E-state index contributed by atoms with van der Waals surface area (Å²) in [6, 6.07) is 2.53. The Morgan fingerprint density at radius 1 is 1.42 bits per heavy atom. The first-order valence-electron chi connectivity index (χ1n) is 6.89. The molecule has 0 N–H and O–H groups in total. The molecule has 1 aromatic heterocycles. The molecule has 1 aliphatic heterocycles. The summed E-state index contributed by atoms with van der Waals surface area (Å²) in [4.78, 5) is 9.25. The van der Waals surface area contributed by atoms with E-state index in [-0.39, 0.29) is 0 Å². The van der Waals surface area contributed by atoms with Crippen molar-refractivity contribution in [3.63, 3.8) is 0 Å². The van der Waals surface area contributed by atoms with Crippen LogP contribution in [-0.2, 0) is 5.88 Å². The molecule has 1 unspecified atom stereocenters. The van der Waals surface area contributed by atoms with Crippen LogP contribution in [0.25, 0.3) is 0 Å². The lowest BCUT2D eigenvalue weighted by atomic mass is 10.2. The first-order valence-corrected chi connectivity index (χ1v) is 7.80. The molecule has 0 bridgehead atoms. The van der Waals surface area contributed by atoms with Gasteiger partial charge in [-0.25, -0.2) is 4.98 Å². The number of alkyl halides is 1. The number of aromatic nitrogens is 1. The molecule has 1 aliphatic rings. The van der Waals surface area contributed by atoms with Gasteiger partial charge < -0.3 is 4.90 Å². The zero-order valence-corrected chi connectivity index (χ0v) is 13.1. The molecule has 2 heterocycles. The molecule has 1 aromatic rings. The van der Waals surface area contributed by atoms with E-state index < -0.39 is 0 Å². The van der Waals surface area contributed by atoms with Crippen LogP contribution in [-0.4, -0.2) is 42.1 Å². The third kappa shape index (κ3) is 3.33. The molecule has 106 valence electrons. The Labute approximate surface area is 125 Å². The van der Waals surface area contributed by atoms with Crippen molar-refractivity contribution in [1.29, 1.82) is 0 Å². The number of nitrogens with zero attached hydrogens (tertiary/aromatic N) is 3. The van der Waals surface area contributed by atoms with E-state index in [0.29, 0.717) is 16.9 Å². The van der Waals surface area contributed by atoms with Crippen molar-refractivity contribution in [3.05, 3.63) is 22.8 Å². The highest BCUT2D eigenvalue weighted by Gasteiger charge is 2.27. The fraction of sp³-hybridized carbons (Fsp3) is 0.643. The van der Waals surface area contributed by atoms with E-state index in [0.717, 1.165) is 37.6 Å². The van der Waals surface area contributed by atoms with Crippen LogP contribution < -0.4 is 4.90 Å². The van der Waals surface area contributed by atoms with E-state index in [4.69, 9.17) is 23.2 Å². The number of anilines is 1. The number of hydrogen-bond donors (Lipinski definition) is 0. The van der Waals surface area contributed by atoms with Crippen LogP contribution in [0.15, 0.2) is 12.3 Å². The fourth-order valence-electron chi connectivity index (χ4n) is 2.75. The van der Waals surface area contributed by atoms with Gasteiger partial charge in [-0.15, -0.1) is 11.6 Å². The van der Waals surface area contributed by atoms with Gasteiger partial charge >= 0.3 is 0 Å². The number of hydrogen-bond acceptors (Lipinski definition) is 3. The Morgan fingerprint density at radius 2 is 2.16 bits per heavy atom. The largest absolute Gasteiger partial charge is 0.354 e. The van der Waals surface area contributed by atoms with Crippen LogP contribution in [0.2, 0.25) is 5.02 Å². The van der Waals surface area contributed by atoms with Gasteiger partial charge in [0.1, 0.15) is 5.82 Å². The van der Waals surface area contributed by atoms with Crippen LogP contribution in [0.4, 0.5) is 5.82 Å². The van der Waals surface area contributed by atoms with Gasteiger partial charge in [0, 0.05) is 31.2 Å². The van der Waals surface area contributed by atoms with Crippen molar-refractivity contribution < 1.29 is 0 Å². The second kappa shape index (κ2) is 6.78. The summed E-state index contributed by atoms with van der Waals surface area (Å²) in [6.07, 6.45) is 3.00. The molecule has 1 saturated heterocycles. The molecule has 0 aliphatic carbocycles. The van der Waals surface area contributed by atoms with Crippen LogP contribution in [0.3, 0.4) is 0 Å². The van der Waals surface area contributed by atoms with E-state index >= 15 is 0 Å². The second-order valence-corrected chi connectivity index (χ2v) is 5.57. The monoisotopic (exact) mass is 301 g/mol. The van der Waals surface area contributed by atoms with Crippen molar-refractivity contribution >= 4 is 29.0 Å². The van der Waals surface area contributed by atoms with Crippen molar-refractivity contribution in [2.24, 2.45) is 0 Å². The number of halogens is 2. The maximum Gasteiger partial charge on any atom is 0.147 e. The second-order valence-electron chi connectivity index (χ2n) is 4.89. The summed E-state index contributed by atoms with van der Waals surface area (Å²) in [7, 11) is 0. The zero-order valence-electron chi connectivity index (χ0n) is 11.6. The molecule has 5 heteroatoms. The van der Waals surface area contributed by atoms with Gasteiger partial charge in [-0.2, -0.15) is 0 Å².